The summed E-state index contributed by atoms with van der Waals surface area (Å²) in [6.07, 6.45) is 1.53. The molecule has 0 saturated carbocycles. The molecule has 4 nitrogen and oxygen atoms in total. The molecule has 0 bridgehead atoms. The van der Waals surface area contributed by atoms with Gasteiger partial charge in [0.2, 0.25) is 5.91 Å². The predicted molar refractivity (Wildman–Crippen MR) is 123 cm³/mol. The SMILES string of the molecule is CCC[C@@H]1ON(c2ccccc2)[C@H](c2ccc(Cl)cc2)[C@H]1C(=O)N1CCSC1=S. The van der Waals surface area contributed by atoms with E-state index in [9.17, 15) is 4.79 Å². The largest absolute Gasteiger partial charge is 0.297 e. The van der Waals surface area contributed by atoms with Gasteiger partial charge in [-0.3, -0.25) is 14.5 Å². The van der Waals surface area contributed by atoms with Gasteiger partial charge in [0.15, 0.2) is 0 Å². The molecule has 2 aliphatic heterocycles. The van der Waals surface area contributed by atoms with Crippen molar-refractivity contribution in [1.29, 1.82) is 0 Å². The molecule has 1 amide bonds. The monoisotopic (exact) mass is 446 g/mol. The Balaban J connectivity index is 1.77. The second-order valence-corrected chi connectivity index (χ2v) is 9.39. The molecule has 2 saturated heterocycles. The summed E-state index contributed by atoms with van der Waals surface area (Å²) in [4.78, 5) is 21.8. The topological polar surface area (TPSA) is 32.8 Å². The van der Waals surface area contributed by atoms with E-state index in [-0.39, 0.29) is 24.0 Å². The van der Waals surface area contributed by atoms with E-state index < -0.39 is 0 Å². The van der Waals surface area contributed by atoms with Gasteiger partial charge in [-0.05, 0) is 36.2 Å². The van der Waals surface area contributed by atoms with Crippen LogP contribution >= 0.6 is 35.6 Å². The van der Waals surface area contributed by atoms with Crippen LogP contribution in [0.1, 0.15) is 31.4 Å². The number of thioether (sulfide) groups is 1. The molecular weight excluding hydrogens is 424 g/mol. The zero-order valence-corrected chi connectivity index (χ0v) is 18.6. The maximum atomic E-state index is 13.7. The second-order valence-electron chi connectivity index (χ2n) is 7.22. The van der Waals surface area contributed by atoms with Crippen molar-refractivity contribution in [2.75, 3.05) is 17.4 Å². The first kappa shape index (κ1) is 20.7. The van der Waals surface area contributed by atoms with Gasteiger partial charge in [-0.2, -0.15) is 0 Å². The van der Waals surface area contributed by atoms with Crippen LogP contribution in [0.2, 0.25) is 5.02 Å². The van der Waals surface area contributed by atoms with Crippen molar-refractivity contribution in [3.8, 4) is 0 Å². The standard InChI is InChI=1S/C22H23ClN2O2S2/c1-2-6-18-19(21(26)24-13-14-29-22(24)28)20(15-9-11-16(23)12-10-15)25(27-18)17-7-4-3-5-8-17/h3-5,7-12,18-20H,2,6,13-14H2,1H3/t18-,19-,20+/m0/s1. The van der Waals surface area contributed by atoms with Crippen LogP contribution in [0, 0.1) is 5.92 Å². The summed E-state index contributed by atoms with van der Waals surface area (Å²) in [5.74, 6) is 0.565. The Morgan fingerprint density at radius 2 is 1.93 bits per heavy atom. The number of hydroxylamine groups is 1. The van der Waals surface area contributed by atoms with E-state index in [1.807, 2.05) is 59.7 Å². The number of rotatable bonds is 5. The molecule has 7 heteroatoms. The molecule has 2 heterocycles. The third-order valence-electron chi connectivity index (χ3n) is 5.35. The van der Waals surface area contributed by atoms with Gasteiger partial charge in [-0.1, -0.05) is 79.3 Å². The zero-order chi connectivity index (χ0) is 20.4. The van der Waals surface area contributed by atoms with Crippen LogP contribution in [0.3, 0.4) is 0 Å². The first-order chi connectivity index (χ1) is 14.1. The maximum absolute atomic E-state index is 13.7. The van der Waals surface area contributed by atoms with Crippen molar-refractivity contribution >= 4 is 51.5 Å². The molecule has 2 fully saturated rings. The number of benzene rings is 2. The smallest absolute Gasteiger partial charge is 0.236 e. The number of hydrogen-bond donors (Lipinski definition) is 0. The van der Waals surface area contributed by atoms with Crippen LogP contribution in [0.25, 0.3) is 0 Å². The van der Waals surface area contributed by atoms with Gasteiger partial charge in [-0.15, -0.1) is 0 Å². The van der Waals surface area contributed by atoms with E-state index in [1.165, 1.54) is 0 Å². The number of halogens is 1. The molecule has 0 aliphatic carbocycles. The Bertz CT molecular complexity index is 878. The lowest BCUT2D eigenvalue weighted by Gasteiger charge is -2.29. The average Bonchev–Trinajstić information content (AvgIpc) is 3.33. The average molecular weight is 447 g/mol. The maximum Gasteiger partial charge on any atom is 0.236 e. The molecule has 0 radical (unpaired) electrons. The number of nitrogens with zero attached hydrogens (tertiary/aromatic N) is 2. The Morgan fingerprint density at radius 1 is 1.21 bits per heavy atom. The van der Waals surface area contributed by atoms with Crippen molar-refractivity contribution in [3.05, 3.63) is 65.2 Å². The van der Waals surface area contributed by atoms with Gasteiger partial charge in [0.25, 0.3) is 0 Å². The van der Waals surface area contributed by atoms with Gasteiger partial charge < -0.3 is 0 Å². The van der Waals surface area contributed by atoms with E-state index >= 15 is 0 Å². The summed E-state index contributed by atoms with van der Waals surface area (Å²) >= 11 is 13.1. The minimum atomic E-state index is -0.340. The Hall–Kier alpha value is -1.60. The van der Waals surface area contributed by atoms with Crippen LogP contribution in [0.15, 0.2) is 54.6 Å². The van der Waals surface area contributed by atoms with E-state index in [0.717, 1.165) is 29.8 Å². The highest BCUT2D eigenvalue weighted by molar-refractivity contribution is 8.23. The molecule has 0 unspecified atom stereocenters. The molecule has 0 N–H and O–H groups in total. The molecule has 3 atom stereocenters. The van der Waals surface area contributed by atoms with E-state index in [1.54, 1.807) is 16.7 Å². The van der Waals surface area contributed by atoms with E-state index in [4.69, 9.17) is 28.7 Å². The zero-order valence-electron chi connectivity index (χ0n) is 16.2. The normalized spacial score (nSPS) is 24.3. The lowest BCUT2D eigenvalue weighted by molar-refractivity contribution is -0.133. The van der Waals surface area contributed by atoms with E-state index in [0.29, 0.717) is 15.9 Å². The Morgan fingerprint density at radius 3 is 2.55 bits per heavy atom. The lowest BCUT2D eigenvalue weighted by atomic mass is 9.86. The van der Waals surface area contributed by atoms with Crippen molar-refractivity contribution in [2.24, 2.45) is 5.92 Å². The summed E-state index contributed by atoms with van der Waals surface area (Å²) in [5, 5.41) is 2.57. The Kier molecular flexibility index (Phi) is 6.44. The fourth-order valence-corrected chi connectivity index (χ4v) is 5.35. The van der Waals surface area contributed by atoms with Gasteiger partial charge in [0.1, 0.15) is 4.32 Å². The fraction of sp³-hybridized carbons (Fsp3) is 0.364. The summed E-state index contributed by atoms with van der Waals surface area (Å²) in [7, 11) is 0. The lowest BCUT2D eigenvalue weighted by Crippen LogP contribution is -2.42. The highest BCUT2D eigenvalue weighted by atomic mass is 35.5. The van der Waals surface area contributed by atoms with Gasteiger partial charge >= 0.3 is 0 Å². The number of thiocarbonyl (C=S) groups is 1. The first-order valence-corrected chi connectivity index (χ1v) is 11.6. The second kappa shape index (κ2) is 9.04. The van der Waals surface area contributed by atoms with Gasteiger partial charge in [0, 0.05) is 17.3 Å². The molecule has 2 aliphatic rings. The van der Waals surface area contributed by atoms with Crippen LogP contribution in [-0.4, -0.2) is 33.5 Å². The minimum absolute atomic E-state index is 0.0526. The number of anilines is 1. The van der Waals surface area contributed by atoms with Crippen LogP contribution < -0.4 is 5.06 Å². The molecule has 152 valence electrons. The summed E-state index contributed by atoms with van der Waals surface area (Å²) < 4.78 is 0.665. The quantitative estimate of drug-likeness (QED) is 0.568. The molecular formula is C22H23ClN2O2S2. The highest BCUT2D eigenvalue weighted by Gasteiger charge is 2.50. The number of carbonyl (C=O) groups excluding carboxylic acids is 1. The summed E-state index contributed by atoms with van der Waals surface area (Å²) in [6, 6.07) is 17.4. The third kappa shape index (κ3) is 4.17. The molecule has 4 rings (SSSR count). The third-order valence-corrected chi connectivity index (χ3v) is 7.03. The fourth-order valence-electron chi connectivity index (χ4n) is 4.01. The number of carbonyl (C=O) groups is 1. The van der Waals surface area contributed by atoms with E-state index in [2.05, 4.69) is 6.92 Å². The summed E-state index contributed by atoms with van der Waals surface area (Å²) in [5.41, 5.74) is 1.94. The summed E-state index contributed by atoms with van der Waals surface area (Å²) in [6.45, 7) is 2.78. The van der Waals surface area contributed by atoms with Gasteiger partial charge in [-0.25, -0.2) is 5.06 Å². The number of amides is 1. The van der Waals surface area contributed by atoms with Gasteiger partial charge in [0.05, 0.1) is 23.8 Å². The Labute approximate surface area is 186 Å². The molecule has 0 aromatic heterocycles. The van der Waals surface area contributed by atoms with Crippen molar-refractivity contribution in [1.82, 2.24) is 4.90 Å². The van der Waals surface area contributed by atoms with Crippen LogP contribution in [0.5, 0.6) is 0 Å². The number of hydrogen-bond acceptors (Lipinski definition) is 5. The van der Waals surface area contributed by atoms with Crippen molar-refractivity contribution in [3.63, 3.8) is 0 Å². The minimum Gasteiger partial charge on any atom is -0.297 e. The van der Waals surface area contributed by atoms with Crippen molar-refractivity contribution in [2.45, 2.75) is 31.9 Å². The molecule has 0 spiro atoms. The first-order valence-electron chi connectivity index (χ1n) is 9.84. The predicted octanol–water partition coefficient (Wildman–Crippen LogP) is 5.48. The molecule has 2 aromatic rings. The van der Waals surface area contributed by atoms with Crippen LogP contribution in [0.4, 0.5) is 5.69 Å². The van der Waals surface area contributed by atoms with Crippen LogP contribution in [-0.2, 0) is 9.63 Å². The number of para-hydroxylation sites is 1. The van der Waals surface area contributed by atoms with Crippen molar-refractivity contribution < 1.29 is 9.63 Å². The molecule has 29 heavy (non-hydrogen) atoms. The molecule has 2 aromatic carbocycles. The highest BCUT2D eigenvalue weighted by Crippen LogP contribution is 2.45.